The maximum Gasteiger partial charge on any atom is 0.144 e. The Bertz CT molecular complexity index is 973. The van der Waals surface area contributed by atoms with Crippen LogP contribution in [0, 0.1) is 10.8 Å². The van der Waals surface area contributed by atoms with E-state index in [4.69, 9.17) is 10.8 Å². The summed E-state index contributed by atoms with van der Waals surface area (Å²) in [7, 11) is 0. The van der Waals surface area contributed by atoms with E-state index in [-0.39, 0.29) is 0 Å². The highest BCUT2D eigenvalue weighted by atomic mass is 32.2. The van der Waals surface area contributed by atoms with Gasteiger partial charge in [0.2, 0.25) is 0 Å². The molecule has 0 atom stereocenters. The fourth-order valence-corrected chi connectivity index (χ4v) is 4.76. The first-order valence-corrected chi connectivity index (χ1v) is 10.8. The molecule has 150 valence electrons. The van der Waals surface area contributed by atoms with Gasteiger partial charge in [-0.25, -0.2) is 9.97 Å². The normalized spacial score (nSPS) is 17.9. The third kappa shape index (κ3) is 4.05. The quantitative estimate of drug-likeness (QED) is 0.610. The second-order valence-electron chi connectivity index (χ2n) is 7.52. The van der Waals surface area contributed by atoms with E-state index < -0.39 is 0 Å². The predicted octanol–water partition coefficient (Wildman–Crippen LogP) is 4.98. The van der Waals surface area contributed by atoms with Crippen LogP contribution in [0.5, 0.6) is 0 Å². The molecule has 0 aliphatic carbocycles. The predicted molar refractivity (Wildman–Crippen MR) is 121 cm³/mol. The Labute approximate surface area is 175 Å². The van der Waals surface area contributed by atoms with E-state index in [1.807, 2.05) is 6.92 Å². The van der Waals surface area contributed by atoms with Gasteiger partial charge in [-0.15, -0.1) is 0 Å². The molecule has 1 fully saturated rings. The smallest absolute Gasteiger partial charge is 0.144 e. The minimum atomic E-state index is 0.429. The lowest BCUT2D eigenvalue weighted by Gasteiger charge is -2.28. The van der Waals surface area contributed by atoms with Crippen LogP contribution >= 0.6 is 11.8 Å². The molecule has 6 nitrogen and oxygen atoms in total. The molecule has 7 heteroatoms. The molecule has 2 aliphatic rings. The van der Waals surface area contributed by atoms with Gasteiger partial charge in [-0.05, 0) is 56.4 Å². The number of hydrogen-bond donors (Lipinski definition) is 3. The van der Waals surface area contributed by atoms with Crippen molar-refractivity contribution >= 4 is 39.6 Å². The first-order valence-electron chi connectivity index (χ1n) is 10.0. The Hall–Kier alpha value is -2.67. The summed E-state index contributed by atoms with van der Waals surface area (Å²) in [6.45, 7) is 6.59. The van der Waals surface area contributed by atoms with Crippen LogP contribution in [0.2, 0.25) is 0 Å². The fraction of sp³-hybridized carbons (Fsp3) is 0.364. The topological polar surface area (TPSA) is 88.8 Å². The second-order valence-corrected chi connectivity index (χ2v) is 8.54. The average Bonchev–Trinajstić information content (AvgIpc) is 3.09. The molecule has 3 N–H and O–H groups in total. The van der Waals surface area contributed by atoms with Gasteiger partial charge in [-0.1, -0.05) is 23.9 Å². The van der Waals surface area contributed by atoms with Crippen LogP contribution in [0.3, 0.4) is 0 Å². The van der Waals surface area contributed by atoms with Gasteiger partial charge < -0.3 is 15.6 Å². The third-order valence-corrected chi connectivity index (χ3v) is 6.53. The van der Waals surface area contributed by atoms with Crippen molar-refractivity contribution in [2.24, 2.45) is 0 Å². The first-order chi connectivity index (χ1) is 14.0. The molecule has 0 amide bonds. The number of thioether (sulfide) groups is 1. The van der Waals surface area contributed by atoms with Gasteiger partial charge in [-0.3, -0.25) is 5.41 Å². The molecule has 2 aromatic rings. The number of rotatable bonds is 5. The highest BCUT2D eigenvalue weighted by Gasteiger charge is 2.29. The van der Waals surface area contributed by atoms with Crippen LogP contribution in [0.4, 0.5) is 11.5 Å². The summed E-state index contributed by atoms with van der Waals surface area (Å²) < 4.78 is 0. The summed E-state index contributed by atoms with van der Waals surface area (Å²) in [6, 6.07) is 8.74. The van der Waals surface area contributed by atoms with Crippen molar-refractivity contribution in [2.75, 3.05) is 23.3 Å². The Morgan fingerprint density at radius 2 is 1.83 bits per heavy atom. The molecule has 0 saturated carbocycles. The largest absolute Gasteiger partial charge is 0.372 e. The molecule has 1 aromatic heterocycles. The van der Waals surface area contributed by atoms with Crippen molar-refractivity contribution in [3.8, 4) is 0 Å². The molecule has 0 bridgehead atoms. The van der Waals surface area contributed by atoms with E-state index >= 15 is 0 Å². The highest BCUT2D eigenvalue weighted by Crippen LogP contribution is 2.44. The number of nitrogens with one attached hydrogen (secondary N) is 3. The van der Waals surface area contributed by atoms with Crippen LogP contribution in [-0.2, 0) is 6.54 Å². The molecule has 2 aliphatic heterocycles. The number of hydrogen-bond acceptors (Lipinski definition) is 7. The summed E-state index contributed by atoms with van der Waals surface area (Å²) in [5, 5.41) is 20.1. The SMILES string of the molecule is CC(=N)/C(C)=C1\C(=N)Sc2c(NCc3ccc(N4CCCCC4)cc3)ncnc21. The number of nitrogens with zero attached hydrogens (tertiary/aromatic N) is 3. The zero-order chi connectivity index (χ0) is 20.4. The van der Waals surface area contributed by atoms with Crippen molar-refractivity contribution in [3.63, 3.8) is 0 Å². The van der Waals surface area contributed by atoms with E-state index in [0.29, 0.717) is 17.3 Å². The molecule has 0 radical (unpaired) electrons. The minimum Gasteiger partial charge on any atom is -0.372 e. The Kier molecular flexibility index (Phi) is 5.67. The van der Waals surface area contributed by atoms with Crippen LogP contribution in [0.25, 0.3) is 5.57 Å². The number of aromatic nitrogens is 2. The summed E-state index contributed by atoms with van der Waals surface area (Å²) in [5.41, 5.74) is 5.24. The third-order valence-electron chi connectivity index (χ3n) is 5.53. The zero-order valence-corrected chi connectivity index (χ0v) is 17.7. The Morgan fingerprint density at radius 1 is 1.10 bits per heavy atom. The van der Waals surface area contributed by atoms with Crippen LogP contribution in [-0.4, -0.2) is 33.8 Å². The van der Waals surface area contributed by atoms with Crippen molar-refractivity contribution < 1.29 is 0 Å². The molecule has 1 aromatic carbocycles. The van der Waals surface area contributed by atoms with Crippen LogP contribution < -0.4 is 10.2 Å². The fourth-order valence-electron chi connectivity index (χ4n) is 3.73. The number of piperidine rings is 1. The molecule has 0 spiro atoms. The Morgan fingerprint density at radius 3 is 2.52 bits per heavy atom. The van der Waals surface area contributed by atoms with Gasteiger partial charge in [0.05, 0.1) is 10.6 Å². The van der Waals surface area contributed by atoms with Gasteiger partial charge >= 0.3 is 0 Å². The highest BCUT2D eigenvalue weighted by molar-refractivity contribution is 8.15. The van der Waals surface area contributed by atoms with Gasteiger partial charge in [0.1, 0.15) is 17.2 Å². The zero-order valence-electron chi connectivity index (χ0n) is 16.9. The maximum atomic E-state index is 8.34. The summed E-state index contributed by atoms with van der Waals surface area (Å²) in [6.07, 6.45) is 5.43. The van der Waals surface area contributed by atoms with Gasteiger partial charge in [-0.2, -0.15) is 0 Å². The standard InChI is InChI=1S/C22H26N6S/c1-14(15(2)23)18-19-20(29-21(18)24)22(27-13-26-19)25-12-16-6-8-17(9-7-16)28-10-4-3-5-11-28/h6-9,13,23-24H,3-5,10-12H2,1-2H3,(H,25,26,27)/b18-14-,23-15?,24-21?. The molecular formula is C22H26N6S. The summed E-state index contributed by atoms with van der Waals surface area (Å²) in [5.74, 6) is 0.746. The van der Waals surface area contributed by atoms with E-state index in [2.05, 4.69) is 44.5 Å². The first kappa shape index (κ1) is 19.6. The molecule has 0 unspecified atom stereocenters. The molecular weight excluding hydrogens is 380 g/mol. The van der Waals surface area contributed by atoms with E-state index in [0.717, 1.165) is 40.6 Å². The lowest BCUT2D eigenvalue weighted by Crippen LogP contribution is -2.29. The van der Waals surface area contributed by atoms with Crippen LogP contribution in [0.15, 0.2) is 41.1 Å². The number of allylic oxidation sites excluding steroid dienone is 1. The molecule has 29 heavy (non-hydrogen) atoms. The molecule has 3 heterocycles. The van der Waals surface area contributed by atoms with E-state index in [1.165, 1.54) is 48.6 Å². The summed E-state index contributed by atoms with van der Waals surface area (Å²) in [4.78, 5) is 12.1. The van der Waals surface area contributed by atoms with Crippen molar-refractivity contribution in [1.29, 1.82) is 10.8 Å². The van der Waals surface area contributed by atoms with E-state index in [1.54, 1.807) is 6.92 Å². The maximum absolute atomic E-state index is 8.34. The Balaban J connectivity index is 1.50. The number of fused-ring (bicyclic) bond motifs is 1. The van der Waals surface area contributed by atoms with Crippen LogP contribution in [0.1, 0.15) is 44.4 Å². The summed E-state index contributed by atoms with van der Waals surface area (Å²) >= 11 is 1.36. The number of anilines is 2. The van der Waals surface area contributed by atoms with Crippen molar-refractivity contribution in [2.45, 2.75) is 44.6 Å². The van der Waals surface area contributed by atoms with E-state index in [9.17, 15) is 0 Å². The number of benzene rings is 1. The van der Waals surface area contributed by atoms with Gasteiger partial charge in [0, 0.05) is 36.6 Å². The van der Waals surface area contributed by atoms with Gasteiger partial charge in [0.15, 0.2) is 0 Å². The van der Waals surface area contributed by atoms with Gasteiger partial charge in [0.25, 0.3) is 0 Å². The second kappa shape index (κ2) is 8.37. The minimum absolute atomic E-state index is 0.429. The van der Waals surface area contributed by atoms with Crippen molar-refractivity contribution in [3.05, 3.63) is 47.4 Å². The molecule has 1 saturated heterocycles. The lowest BCUT2D eigenvalue weighted by atomic mass is 10.0. The monoisotopic (exact) mass is 406 g/mol. The lowest BCUT2D eigenvalue weighted by molar-refractivity contribution is 0.578. The average molecular weight is 407 g/mol. The van der Waals surface area contributed by atoms with Crippen molar-refractivity contribution in [1.82, 2.24) is 9.97 Å². The molecule has 4 rings (SSSR count).